The van der Waals surface area contributed by atoms with Gasteiger partial charge in [0.25, 0.3) is 5.91 Å². The van der Waals surface area contributed by atoms with Gasteiger partial charge in [-0.05, 0) is 54.1 Å². The van der Waals surface area contributed by atoms with Crippen molar-refractivity contribution in [3.8, 4) is 0 Å². The first-order valence-corrected chi connectivity index (χ1v) is 11.9. The Balaban J connectivity index is 1.62. The van der Waals surface area contributed by atoms with E-state index in [4.69, 9.17) is 9.15 Å². The molecule has 1 aromatic heterocycles. The van der Waals surface area contributed by atoms with Gasteiger partial charge >= 0.3 is 0 Å². The summed E-state index contributed by atoms with van der Waals surface area (Å²) >= 11 is 0. The van der Waals surface area contributed by atoms with Crippen LogP contribution in [0.3, 0.4) is 0 Å². The number of hydrogen-bond donors (Lipinski definition) is 0. The molecule has 0 unspecified atom stereocenters. The SMILES string of the molecule is COCCN(CC(=O)N(Cc1ccc(F)cc1)Cc1coc2ccccc2c1=O)C(=O)c1ccc(F)cc1. The minimum atomic E-state index is -0.485. The van der Waals surface area contributed by atoms with Gasteiger partial charge in [-0.15, -0.1) is 0 Å². The highest BCUT2D eigenvalue weighted by Crippen LogP contribution is 2.15. The van der Waals surface area contributed by atoms with E-state index in [1.165, 1.54) is 59.6 Å². The Morgan fingerprint density at radius 2 is 1.53 bits per heavy atom. The summed E-state index contributed by atoms with van der Waals surface area (Å²) < 4.78 is 37.6. The van der Waals surface area contributed by atoms with Gasteiger partial charge in [0.2, 0.25) is 5.91 Å². The molecule has 0 atom stereocenters. The van der Waals surface area contributed by atoms with E-state index in [1.807, 2.05) is 0 Å². The molecular weight excluding hydrogens is 494 g/mol. The number of fused-ring (bicyclic) bond motifs is 1. The van der Waals surface area contributed by atoms with Gasteiger partial charge in [0.1, 0.15) is 23.8 Å². The van der Waals surface area contributed by atoms with Crippen molar-refractivity contribution < 1.29 is 27.5 Å². The number of methoxy groups -OCH3 is 1. The number of hydrogen-bond acceptors (Lipinski definition) is 5. The average molecular weight is 521 g/mol. The van der Waals surface area contributed by atoms with Crippen LogP contribution in [0.15, 0.2) is 88.3 Å². The number of rotatable bonds is 10. The maximum absolute atomic E-state index is 13.6. The Kier molecular flexibility index (Phi) is 8.60. The number of carbonyl (C=O) groups excluding carboxylic acids is 2. The average Bonchev–Trinajstić information content (AvgIpc) is 2.93. The first-order chi connectivity index (χ1) is 18.4. The molecule has 0 bridgehead atoms. The van der Waals surface area contributed by atoms with E-state index in [9.17, 15) is 23.2 Å². The van der Waals surface area contributed by atoms with Crippen molar-refractivity contribution in [3.05, 3.63) is 118 Å². The molecule has 0 saturated carbocycles. The lowest BCUT2D eigenvalue weighted by atomic mass is 10.1. The van der Waals surface area contributed by atoms with E-state index < -0.39 is 23.4 Å². The van der Waals surface area contributed by atoms with Gasteiger partial charge in [-0.25, -0.2) is 8.78 Å². The van der Waals surface area contributed by atoms with Crippen LogP contribution < -0.4 is 5.43 Å². The summed E-state index contributed by atoms with van der Waals surface area (Å²) in [5.74, 6) is -1.83. The molecule has 0 N–H and O–H groups in total. The van der Waals surface area contributed by atoms with Crippen LogP contribution >= 0.6 is 0 Å². The molecule has 0 fully saturated rings. The van der Waals surface area contributed by atoms with Gasteiger partial charge in [0.05, 0.1) is 30.4 Å². The Morgan fingerprint density at radius 1 is 0.868 bits per heavy atom. The second-order valence-corrected chi connectivity index (χ2v) is 8.69. The fourth-order valence-corrected chi connectivity index (χ4v) is 3.97. The molecule has 0 saturated heterocycles. The highest BCUT2D eigenvalue weighted by atomic mass is 19.1. The molecule has 196 valence electrons. The summed E-state index contributed by atoms with van der Waals surface area (Å²) in [6.07, 6.45) is 1.32. The molecule has 2 amide bonds. The van der Waals surface area contributed by atoms with Crippen molar-refractivity contribution in [3.63, 3.8) is 0 Å². The van der Waals surface area contributed by atoms with Crippen LogP contribution in [-0.4, -0.2) is 48.4 Å². The maximum atomic E-state index is 13.6. The standard InChI is InChI=1S/C29H26F2N2O5/c1-37-15-14-32(29(36)21-8-12-24(31)13-9-21)18-27(34)33(16-20-6-10-23(30)11-7-20)17-22-19-38-26-5-3-2-4-25(26)28(22)35/h2-13,19H,14-18H2,1H3. The summed E-state index contributed by atoms with van der Waals surface area (Å²) in [6.45, 7) is -0.0620. The lowest BCUT2D eigenvalue weighted by molar-refractivity contribution is -0.133. The Hall–Kier alpha value is -4.37. The zero-order valence-electron chi connectivity index (χ0n) is 20.7. The minimum absolute atomic E-state index is 0.0637. The maximum Gasteiger partial charge on any atom is 0.254 e. The third-order valence-corrected chi connectivity index (χ3v) is 6.02. The van der Waals surface area contributed by atoms with E-state index in [0.29, 0.717) is 16.5 Å². The Bertz CT molecular complexity index is 1470. The number of carbonyl (C=O) groups is 2. The van der Waals surface area contributed by atoms with Gasteiger partial charge in [-0.2, -0.15) is 0 Å². The molecule has 1 heterocycles. The number of halogens is 2. The van der Waals surface area contributed by atoms with Crippen LogP contribution in [0.25, 0.3) is 11.0 Å². The molecule has 0 aliphatic carbocycles. The zero-order chi connectivity index (χ0) is 27.1. The number of para-hydroxylation sites is 1. The molecule has 0 spiro atoms. The van der Waals surface area contributed by atoms with Crippen LogP contribution in [0, 0.1) is 11.6 Å². The monoisotopic (exact) mass is 520 g/mol. The fraction of sp³-hybridized carbons (Fsp3) is 0.207. The molecule has 9 heteroatoms. The predicted molar refractivity (Wildman–Crippen MR) is 137 cm³/mol. The zero-order valence-corrected chi connectivity index (χ0v) is 20.7. The van der Waals surface area contributed by atoms with Crippen LogP contribution in [0.1, 0.15) is 21.5 Å². The molecular formula is C29H26F2N2O5. The number of ether oxygens (including phenoxy) is 1. The first kappa shape index (κ1) is 26.7. The number of amides is 2. The fourth-order valence-electron chi connectivity index (χ4n) is 3.97. The highest BCUT2D eigenvalue weighted by Gasteiger charge is 2.24. The van der Waals surface area contributed by atoms with Crippen LogP contribution in [0.4, 0.5) is 8.78 Å². The molecule has 0 radical (unpaired) electrons. The topological polar surface area (TPSA) is 80.1 Å². The van der Waals surface area contributed by atoms with E-state index in [0.717, 1.165) is 0 Å². The Morgan fingerprint density at radius 3 is 2.21 bits per heavy atom. The summed E-state index contributed by atoms with van der Waals surface area (Å²) in [4.78, 5) is 42.5. The van der Waals surface area contributed by atoms with Crippen molar-refractivity contribution in [1.82, 2.24) is 9.80 Å². The summed E-state index contributed by atoms with van der Waals surface area (Å²) in [5.41, 5.74) is 1.26. The first-order valence-electron chi connectivity index (χ1n) is 11.9. The minimum Gasteiger partial charge on any atom is -0.464 e. The van der Waals surface area contributed by atoms with Crippen LogP contribution in [-0.2, 0) is 22.6 Å². The van der Waals surface area contributed by atoms with E-state index in [-0.39, 0.29) is 49.3 Å². The number of nitrogens with zero attached hydrogens (tertiary/aromatic N) is 2. The Labute approximate surface area is 217 Å². The third-order valence-electron chi connectivity index (χ3n) is 6.02. The second kappa shape index (κ2) is 12.2. The molecule has 38 heavy (non-hydrogen) atoms. The van der Waals surface area contributed by atoms with Crippen LogP contribution in [0.2, 0.25) is 0 Å². The van der Waals surface area contributed by atoms with Gasteiger partial charge in [0, 0.05) is 25.8 Å². The molecule has 4 aromatic rings. The second-order valence-electron chi connectivity index (χ2n) is 8.69. The molecule has 4 rings (SSSR count). The summed E-state index contributed by atoms with van der Waals surface area (Å²) in [5, 5.41) is 0.382. The summed E-state index contributed by atoms with van der Waals surface area (Å²) in [6, 6.07) is 17.5. The number of benzene rings is 3. The molecule has 0 aliphatic rings. The highest BCUT2D eigenvalue weighted by molar-refractivity contribution is 5.96. The van der Waals surface area contributed by atoms with Gasteiger partial charge in [0.15, 0.2) is 5.43 Å². The van der Waals surface area contributed by atoms with Crippen molar-refractivity contribution in [2.24, 2.45) is 0 Å². The van der Waals surface area contributed by atoms with Crippen molar-refractivity contribution in [2.75, 3.05) is 26.8 Å². The van der Waals surface area contributed by atoms with Crippen molar-refractivity contribution >= 4 is 22.8 Å². The van der Waals surface area contributed by atoms with Gasteiger partial charge in [-0.1, -0.05) is 24.3 Å². The smallest absolute Gasteiger partial charge is 0.254 e. The largest absolute Gasteiger partial charge is 0.464 e. The van der Waals surface area contributed by atoms with Gasteiger partial charge in [-0.3, -0.25) is 14.4 Å². The van der Waals surface area contributed by atoms with Crippen LogP contribution in [0.5, 0.6) is 0 Å². The lowest BCUT2D eigenvalue weighted by Crippen LogP contribution is -2.44. The van der Waals surface area contributed by atoms with E-state index in [1.54, 1.807) is 36.4 Å². The van der Waals surface area contributed by atoms with E-state index >= 15 is 0 Å². The van der Waals surface area contributed by atoms with E-state index in [2.05, 4.69) is 0 Å². The molecule has 0 aliphatic heterocycles. The third kappa shape index (κ3) is 6.49. The molecule has 7 nitrogen and oxygen atoms in total. The van der Waals surface area contributed by atoms with Gasteiger partial charge < -0.3 is 19.0 Å². The molecule has 3 aromatic carbocycles. The normalized spacial score (nSPS) is 10.9. The van der Waals surface area contributed by atoms with Crippen molar-refractivity contribution in [1.29, 1.82) is 0 Å². The lowest BCUT2D eigenvalue weighted by Gasteiger charge is -2.28. The predicted octanol–water partition coefficient (Wildman–Crippen LogP) is 4.39. The van der Waals surface area contributed by atoms with Crippen molar-refractivity contribution in [2.45, 2.75) is 13.1 Å². The summed E-state index contributed by atoms with van der Waals surface area (Å²) in [7, 11) is 1.47. The quantitative estimate of drug-likeness (QED) is 0.310.